The molecule has 1 aliphatic carbocycles. The monoisotopic (exact) mass is 435 g/mol. The molecule has 0 radical (unpaired) electrons. The maximum absolute atomic E-state index is 12.8. The second kappa shape index (κ2) is 8.31. The van der Waals surface area contributed by atoms with Crippen LogP contribution in [-0.4, -0.2) is 27.7 Å². The molecule has 1 aliphatic rings. The van der Waals surface area contributed by atoms with Crippen LogP contribution < -0.4 is 5.32 Å². The first kappa shape index (κ1) is 19.0. The summed E-state index contributed by atoms with van der Waals surface area (Å²) in [5.74, 6) is -0.0782. The molecule has 0 saturated heterocycles. The summed E-state index contributed by atoms with van der Waals surface area (Å²) in [6.45, 7) is 4.29. The molecule has 1 fully saturated rings. The van der Waals surface area contributed by atoms with Crippen LogP contribution in [0.3, 0.4) is 0 Å². The van der Waals surface area contributed by atoms with E-state index in [-0.39, 0.29) is 24.2 Å². The first-order valence-electron chi connectivity index (χ1n) is 8.71. The number of benzene rings is 1. The van der Waals surface area contributed by atoms with E-state index >= 15 is 0 Å². The Balaban J connectivity index is 1.63. The molecule has 3 rings (SSSR count). The first-order valence-corrected chi connectivity index (χ1v) is 10.4. The third-order valence-electron chi connectivity index (χ3n) is 4.19. The molecule has 7 heteroatoms. The number of nitrogens with zero attached hydrogens (tertiary/aromatic N) is 2. The fourth-order valence-electron chi connectivity index (χ4n) is 2.59. The van der Waals surface area contributed by atoms with E-state index in [0.717, 1.165) is 22.9 Å². The van der Waals surface area contributed by atoms with Gasteiger partial charge in [-0.1, -0.05) is 41.9 Å². The van der Waals surface area contributed by atoms with Gasteiger partial charge in [-0.25, -0.2) is 4.98 Å². The molecule has 0 unspecified atom stereocenters. The predicted molar refractivity (Wildman–Crippen MR) is 107 cm³/mol. The van der Waals surface area contributed by atoms with Gasteiger partial charge in [0.25, 0.3) is 0 Å². The number of anilines is 1. The van der Waals surface area contributed by atoms with E-state index < -0.39 is 0 Å². The van der Waals surface area contributed by atoms with Crippen LogP contribution in [-0.2, 0) is 22.6 Å². The molecular formula is C19H22BrN3O2S. The van der Waals surface area contributed by atoms with Gasteiger partial charge < -0.3 is 10.2 Å². The molecule has 1 saturated carbocycles. The lowest BCUT2D eigenvalue weighted by Crippen LogP contribution is -2.33. The number of hydrogen-bond acceptors (Lipinski definition) is 4. The highest BCUT2D eigenvalue weighted by Gasteiger charge is 2.32. The minimum absolute atomic E-state index is 0.0634. The predicted octanol–water partition coefficient (Wildman–Crippen LogP) is 4.23. The van der Waals surface area contributed by atoms with Crippen molar-refractivity contribution in [3.63, 3.8) is 0 Å². The minimum Gasteiger partial charge on any atom is -0.335 e. The second-order valence-electron chi connectivity index (χ2n) is 6.85. The normalized spacial score (nSPS) is 13.7. The number of nitrogens with one attached hydrogen (secondary N) is 1. The van der Waals surface area contributed by atoms with Crippen LogP contribution >= 0.6 is 27.3 Å². The van der Waals surface area contributed by atoms with Crippen molar-refractivity contribution >= 4 is 44.2 Å². The number of aromatic nitrogens is 1. The van der Waals surface area contributed by atoms with Gasteiger partial charge in [0.1, 0.15) is 0 Å². The van der Waals surface area contributed by atoms with Crippen LogP contribution in [0.25, 0.3) is 0 Å². The summed E-state index contributed by atoms with van der Waals surface area (Å²) < 4.78 is 1.02. The Labute approximate surface area is 165 Å². The van der Waals surface area contributed by atoms with Crippen molar-refractivity contribution in [3.8, 4) is 0 Å². The van der Waals surface area contributed by atoms with E-state index in [1.54, 1.807) is 0 Å². The highest BCUT2D eigenvalue weighted by molar-refractivity contribution is 9.10. The Hall–Kier alpha value is -1.73. The maximum atomic E-state index is 12.8. The van der Waals surface area contributed by atoms with Crippen LogP contribution in [0, 0.1) is 5.92 Å². The third-order valence-corrected chi connectivity index (χ3v) is 5.49. The van der Waals surface area contributed by atoms with E-state index in [4.69, 9.17) is 0 Å². The van der Waals surface area contributed by atoms with Crippen LogP contribution in [0.5, 0.6) is 0 Å². The van der Waals surface area contributed by atoms with Gasteiger partial charge in [-0.05, 0) is 30.5 Å². The van der Waals surface area contributed by atoms with Gasteiger partial charge in [0, 0.05) is 28.4 Å². The van der Waals surface area contributed by atoms with Gasteiger partial charge in [-0.15, -0.1) is 11.3 Å². The zero-order valence-electron chi connectivity index (χ0n) is 14.9. The smallest absolute Gasteiger partial charge is 0.229 e. The molecule has 1 aromatic carbocycles. The zero-order chi connectivity index (χ0) is 18.7. The van der Waals surface area contributed by atoms with Gasteiger partial charge in [0.15, 0.2) is 5.13 Å². The molecule has 1 N–H and O–H groups in total. The molecule has 5 nitrogen and oxygen atoms in total. The maximum Gasteiger partial charge on any atom is 0.229 e. The topological polar surface area (TPSA) is 62.3 Å². The number of halogens is 1. The fraction of sp³-hybridized carbons (Fsp3) is 0.421. The summed E-state index contributed by atoms with van der Waals surface area (Å²) in [5, 5.41) is 5.18. The highest BCUT2D eigenvalue weighted by Crippen LogP contribution is 2.29. The average Bonchev–Trinajstić information content (AvgIpc) is 3.33. The number of carbonyl (C=O) groups is 2. The van der Waals surface area contributed by atoms with Gasteiger partial charge in [0.2, 0.25) is 11.8 Å². The van der Waals surface area contributed by atoms with E-state index in [1.807, 2.05) is 48.4 Å². The van der Waals surface area contributed by atoms with Crippen LogP contribution in [0.2, 0.25) is 0 Å². The minimum atomic E-state index is -0.0977. The molecular weight excluding hydrogens is 414 g/mol. The molecule has 2 amide bonds. The Morgan fingerprint density at radius 3 is 2.81 bits per heavy atom. The summed E-state index contributed by atoms with van der Waals surface area (Å²) in [6, 6.07) is 8.38. The number of carbonyl (C=O) groups excluding carboxylic acids is 2. The molecule has 2 aromatic rings. The Morgan fingerprint density at radius 1 is 1.38 bits per heavy atom. The zero-order valence-corrected chi connectivity index (χ0v) is 17.3. The lowest BCUT2D eigenvalue weighted by Gasteiger charge is -2.22. The quantitative estimate of drug-likeness (QED) is 0.707. The Morgan fingerprint density at radius 2 is 2.15 bits per heavy atom. The van der Waals surface area contributed by atoms with Crippen molar-refractivity contribution in [3.05, 3.63) is 45.4 Å². The molecule has 1 aromatic heterocycles. The molecule has 0 atom stereocenters. The lowest BCUT2D eigenvalue weighted by atomic mass is 10.2. The van der Waals surface area contributed by atoms with Gasteiger partial charge in [0.05, 0.1) is 12.1 Å². The molecule has 138 valence electrons. The van der Waals surface area contributed by atoms with Crippen molar-refractivity contribution in [2.75, 3.05) is 5.32 Å². The highest BCUT2D eigenvalue weighted by atomic mass is 79.9. The fourth-order valence-corrected chi connectivity index (χ4v) is 3.75. The summed E-state index contributed by atoms with van der Waals surface area (Å²) in [4.78, 5) is 30.9. The molecule has 26 heavy (non-hydrogen) atoms. The van der Waals surface area contributed by atoms with Crippen LogP contribution in [0.15, 0.2) is 34.1 Å². The van der Waals surface area contributed by atoms with Gasteiger partial charge in [-0.3, -0.25) is 9.59 Å². The number of thiazole rings is 1. The number of amides is 2. The summed E-state index contributed by atoms with van der Waals surface area (Å²) >= 11 is 4.84. The van der Waals surface area contributed by atoms with Crippen LogP contribution in [0.1, 0.15) is 37.9 Å². The van der Waals surface area contributed by atoms with Crippen molar-refractivity contribution in [1.82, 2.24) is 9.88 Å². The van der Waals surface area contributed by atoms with E-state index in [1.165, 1.54) is 11.3 Å². The van der Waals surface area contributed by atoms with E-state index in [2.05, 4.69) is 26.2 Å². The van der Waals surface area contributed by atoms with Gasteiger partial charge in [-0.2, -0.15) is 0 Å². The molecule has 0 bridgehead atoms. The van der Waals surface area contributed by atoms with Crippen molar-refractivity contribution in [2.24, 2.45) is 5.92 Å². The summed E-state index contributed by atoms with van der Waals surface area (Å²) in [7, 11) is 0. The molecule has 0 spiro atoms. The van der Waals surface area contributed by atoms with E-state index in [0.29, 0.717) is 23.4 Å². The summed E-state index contributed by atoms with van der Waals surface area (Å²) in [5.41, 5.74) is 1.82. The van der Waals surface area contributed by atoms with Crippen molar-refractivity contribution < 1.29 is 9.59 Å². The van der Waals surface area contributed by atoms with Crippen molar-refractivity contribution in [1.29, 1.82) is 0 Å². The lowest BCUT2D eigenvalue weighted by molar-refractivity contribution is -0.131. The Bertz CT molecular complexity index is 802. The van der Waals surface area contributed by atoms with E-state index in [9.17, 15) is 9.59 Å². The standard InChI is InChI=1S/C19H22BrN3O2S/c1-12(2)18(25)22-19-21-15(11-26-19)9-17(24)23(16-6-7-16)10-13-4-3-5-14(20)8-13/h3-5,8,11-12,16H,6-7,9-10H2,1-2H3,(H,21,22,25). The molecule has 1 heterocycles. The summed E-state index contributed by atoms with van der Waals surface area (Å²) in [6.07, 6.45) is 2.39. The number of rotatable bonds is 7. The largest absolute Gasteiger partial charge is 0.335 e. The second-order valence-corrected chi connectivity index (χ2v) is 8.62. The van der Waals surface area contributed by atoms with Gasteiger partial charge >= 0.3 is 0 Å². The number of hydrogen-bond donors (Lipinski definition) is 1. The van der Waals surface area contributed by atoms with Crippen molar-refractivity contribution in [2.45, 2.75) is 45.7 Å². The SMILES string of the molecule is CC(C)C(=O)Nc1nc(CC(=O)N(Cc2cccc(Br)c2)C2CC2)cs1. The third kappa shape index (κ3) is 5.14. The average molecular weight is 436 g/mol. The Kier molecular flexibility index (Phi) is 6.09. The first-order chi connectivity index (χ1) is 12.4. The molecule has 0 aliphatic heterocycles. The van der Waals surface area contributed by atoms with Crippen LogP contribution in [0.4, 0.5) is 5.13 Å².